The Bertz CT molecular complexity index is 962. The van der Waals surface area contributed by atoms with Crippen molar-refractivity contribution in [1.29, 1.82) is 0 Å². The van der Waals surface area contributed by atoms with Crippen LogP contribution in [0.15, 0.2) is 51.4 Å². The normalized spacial score (nSPS) is 9.00. The van der Waals surface area contributed by atoms with Crippen molar-refractivity contribution >= 4 is 235 Å². The summed E-state index contributed by atoms with van der Waals surface area (Å²) in [5.41, 5.74) is 0. The van der Waals surface area contributed by atoms with Crippen molar-refractivity contribution in [3.8, 4) is 0 Å². The summed E-state index contributed by atoms with van der Waals surface area (Å²) in [4.78, 5) is 0. The molecule has 0 saturated heterocycles. The summed E-state index contributed by atoms with van der Waals surface area (Å²) in [5.74, 6) is 0. The van der Waals surface area contributed by atoms with Crippen molar-refractivity contribution in [3.63, 3.8) is 0 Å². The van der Waals surface area contributed by atoms with E-state index in [4.69, 9.17) is 104 Å². The molecule has 0 unspecified atom stereocenters. The third-order valence-corrected chi connectivity index (χ3v) is 7.91. The van der Waals surface area contributed by atoms with Crippen LogP contribution in [0, 0.1) is 0 Å². The predicted molar refractivity (Wildman–Crippen MR) is 211 cm³/mol. The first-order chi connectivity index (χ1) is 15.9. The average molecular weight is 1460 g/mol. The van der Waals surface area contributed by atoms with Crippen molar-refractivity contribution in [3.05, 3.63) is 96.6 Å². The van der Waals surface area contributed by atoms with Gasteiger partial charge in [-0.2, -0.15) is 0 Å². The molecule has 0 aromatic heterocycles. The fourth-order valence-electron chi connectivity index (χ4n) is 1.50. The van der Waals surface area contributed by atoms with Gasteiger partial charge in [-0.05, 0) is 52.3 Å². The van der Waals surface area contributed by atoms with Crippen LogP contribution < -0.4 is 13.3 Å². The zero-order chi connectivity index (χ0) is 27.0. The topological polar surface area (TPSA) is 0 Å². The van der Waals surface area contributed by atoms with Crippen LogP contribution in [0.5, 0.6) is 0 Å². The van der Waals surface area contributed by atoms with Gasteiger partial charge in [-0.25, -0.2) is 0 Å². The summed E-state index contributed by atoms with van der Waals surface area (Å²) in [6.45, 7) is 0. The first-order valence-electron chi connectivity index (χ1n) is 7.57. The van der Waals surface area contributed by atoms with Crippen LogP contribution in [0.3, 0.4) is 0 Å². The van der Waals surface area contributed by atoms with Crippen molar-refractivity contribution in [2.45, 2.75) is 0 Å². The maximum atomic E-state index is 5.72. The molecule has 0 heterocycles. The molecule has 17 heteroatoms. The Morgan fingerprint density at radius 1 is 0.543 bits per heavy atom. The van der Waals surface area contributed by atoms with E-state index in [0.717, 1.165) is 8.95 Å². The maximum absolute atomic E-state index is 5.72. The van der Waals surface area contributed by atoms with Gasteiger partial charge >= 0.3 is 50.5 Å². The van der Waals surface area contributed by atoms with Gasteiger partial charge in [-0.1, -0.05) is 126 Å². The molecule has 0 aliphatic rings. The molecule has 0 bridgehead atoms. The van der Waals surface area contributed by atoms with Crippen molar-refractivity contribution in [1.82, 2.24) is 0 Å². The van der Waals surface area contributed by atoms with Gasteiger partial charge in [0.15, 0.2) is 0 Å². The van der Waals surface area contributed by atoms with Crippen LogP contribution in [0.4, 0.5) is 0 Å². The monoisotopic (exact) mass is 1460 g/mol. The molecule has 3 aromatic carbocycles. The van der Waals surface area contributed by atoms with Crippen LogP contribution in [-0.2, 0) is 0 Å². The second kappa shape index (κ2) is 27.2. The average Bonchev–Trinajstić information content (AvgIpc) is 2.80. The molecular weight excluding hydrogens is 1460 g/mol. The summed E-state index contributed by atoms with van der Waals surface area (Å²) in [6.07, 6.45) is 0. The minimum atomic E-state index is 0. The molecule has 0 radical (unpaired) electrons. The van der Waals surface area contributed by atoms with Crippen LogP contribution in [0.2, 0.25) is 45.2 Å². The fourth-order valence-corrected chi connectivity index (χ4v) is 4.33. The van der Waals surface area contributed by atoms with E-state index in [1.54, 1.807) is 42.5 Å². The molecule has 0 fully saturated rings. The van der Waals surface area contributed by atoms with Gasteiger partial charge in [0, 0.05) is 46.2 Å². The Hall–Kier alpha value is 5.61. The van der Waals surface area contributed by atoms with E-state index in [1.807, 2.05) is 0 Å². The summed E-state index contributed by atoms with van der Waals surface area (Å²) in [7, 11) is 0. The fraction of sp³-hybridized carbons (Fsp3) is 0. The van der Waals surface area contributed by atoms with Crippen LogP contribution in [-0.4, -0.2) is 0 Å². The summed E-state index contributed by atoms with van der Waals surface area (Å²) in [6, 6.07) is 11.9. The zero-order valence-electron chi connectivity index (χ0n) is 16.0. The molecule has 0 atom stereocenters. The van der Waals surface area contributed by atoms with Crippen molar-refractivity contribution < 1.29 is 13.3 Å². The van der Waals surface area contributed by atoms with E-state index < -0.39 is 0 Å². The molecule has 0 saturated carbocycles. The first-order valence-corrected chi connectivity index (χ1v) is 31.4. The second-order valence-electron chi connectivity index (χ2n) is 4.93. The molecule has 200 valence electrons. The number of hydrogen-bond acceptors (Lipinski definition) is 0. The molecule has 0 spiro atoms. The van der Waals surface area contributed by atoms with Gasteiger partial charge in [0.05, 0.1) is 45.2 Å². The van der Waals surface area contributed by atoms with Crippen molar-refractivity contribution in [2.75, 3.05) is 0 Å². The molecule has 0 aliphatic heterocycles. The summed E-state index contributed by atoms with van der Waals surface area (Å²) in [5, 5.41) is 4.02. The Balaban J connectivity index is -0.000000396. The van der Waals surface area contributed by atoms with E-state index >= 15 is 0 Å². The van der Waals surface area contributed by atoms with Gasteiger partial charge in [-0.15, -0.1) is 24.0 Å². The molecule has 35 heavy (non-hydrogen) atoms. The van der Waals surface area contributed by atoms with E-state index in [1.165, 1.54) is 0 Å². The number of benzene rings is 3. The Labute approximate surface area is 337 Å². The Morgan fingerprint density at radius 2 is 0.886 bits per heavy atom. The minimum absolute atomic E-state index is 0. The van der Waals surface area contributed by atoms with Gasteiger partial charge in [0.25, 0.3) is 0 Å². The summed E-state index contributed by atoms with van der Waals surface area (Å²) >= 11 is 66.8. The third kappa shape index (κ3) is 20.2. The number of hydrogen-bond donors (Lipinski definition) is 0. The molecule has 0 N–H and O–H groups in total. The van der Waals surface area contributed by atoms with Gasteiger partial charge < -0.3 is 0 Å². The van der Waals surface area contributed by atoms with Gasteiger partial charge in [-0.3, -0.25) is 0 Å². The standard InChI is InChI=1S/2C6H2BrCl3.C6H3Cl3.I3.I2.HI/c7-3-1-4(8)6(10)5(9)2-3;7-3-1-2-4(8)6(10)5(3)9;7-4-2-1-3-5(8)6(4)9;1-3-2;1-2;/h2*1-2H;1-3H;;;1H/q;;;-1;;. The SMILES string of the molecule is Clc1cc(Br)cc(Cl)c1Cl.Clc1ccc(Br)c(Cl)c1Cl.Clc1cccc(Cl)c1Cl.I.II.I[I-]I. The zero-order valence-corrected chi connectivity index (χ0v) is 39.1. The molecule has 3 aromatic rings. The Kier molecular flexibility index (Phi) is 35.0. The molecule has 0 nitrogen and oxygen atoms in total. The quantitative estimate of drug-likeness (QED) is 0.120. The predicted octanol–water partition coefficient (Wildman–Crippen LogP) is 13.6. The third-order valence-electron chi connectivity index (χ3n) is 2.84. The van der Waals surface area contributed by atoms with Gasteiger partial charge in [0.2, 0.25) is 0 Å². The van der Waals surface area contributed by atoms with E-state index in [0.29, 0.717) is 58.5 Å². The Morgan fingerprint density at radius 3 is 1.23 bits per heavy atom. The van der Waals surface area contributed by atoms with Gasteiger partial charge in [0.1, 0.15) is 0 Å². The second-order valence-corrected chi connectivity index (χ2v) is 26.5. The number of halogens is 17. The molecule has 3 rings (SSSR count). The van der Waals surface area contributed by atoms with Crippen LogP contribution in [0.25, 0.3) is 0 Å². The molecular formula is C18H8Br2Cl9I6-. The van der Waals surface area contributed by atoms with E-state index in [2.05, 4.69) is 106 Å². The summed E-state index contributed by atoms with van der Waals surface area (Å²) < 4.78 is 1.58. The van der Waals surface area contributed by atoms with Crippen molar-refractivity contribution in [2.24, 2.45) is 0 Å². The van der Waals surface area contributed by atoms with Crippen LogP contribution in [0.1, 0.15) is 0 Å². The van der Waals surface area contributed by atoms with E-state index in [9.17, 15) is 0 Å². The van der Waals surface area contributed by atoms with E-state index in [-0.39, 0.29) is 24.0 Å². The molecule has 0 amide bonds. The molecule has 0 aliphatic carbocycles. The number of rotatable bonds is 0. The van der Waals surface area contributed by atoms with Crippen LogP contribution >= 0.6 is 235 Å². The first kappa shape index (κ1) is 45.0.